The van der Waals surface area contributed by atoms with Crippen LogP contribution in [0.4, 0.5) is 5.13 Å². The third-order valence-corrected chi connectivity index (χ3v) is 8.81. The molecule has 0 spiro atoms. The van der Waals surface area contributed by atoms with Gasteiger partial charge < -0.3 is 5.32 Å². The van der Waals surface area contributed by atoms with Crippen LogP contribution in [0.2, 0.25) is 4.34 Å². The first kappa shape index (κ1) is 18.8. The van der Waals surface area contributed by atoms with Crippen LogP contribution in [0.5, 0.6) is 0 Å². The molecule has 1 aliphatic rings. The minimum atomic E-state index is -3.53. The van der Waals surface area contributed by atoms with Gasteiger partial charge in [0.05, 0.1) is 10.0 Å². The summed E-state index contributed by atoms with van der Waals surface area (Å²) in [6.45, 7) is 4.52. The summed E-state index contributed by atoms with van der Waals surface area (Å²) in [6, 6.07) is 3.10. The Morgan fingerprint density at radius 2 is 1.96 bits per heavy atom. The zero-order chi connectivity index (χ0) is 18.2. The first-order valence-electron chi connectivity index (χ1n) is 7.78. The lowest BCUT2D eigenvalue weighted by Crippen LogP contribution is -2.41. The van der Waals surface area contributed by atoms with E-state index in [1.807, 2.05) is 13.8 Å². The Hall–Kier alpha value is -1.000. The molecule has 0 saturated carbocycles. The van der Waals surface area contributed by atoms with Crippen LogP contribution in [-0.2, 0) is 14.8 Å². The Kier molecular flexibility index (Phi) is 5.50. The van der Waals surface area contributed by atoms with Gasteiger partial charge in [-0.3, -0.25) is 4.79 Å². The smallest absolute Gasteiger partial charge is 0.252 e. The maximum Gasteiger partial charge on any atom is 0.252 e. The van der Waals surface area contributed by atoms with E-state index >= 15 is 0 Å². The Morgan fingerprint density at radius 3 is 2.48 bits per heavy atom. The summed E-state index contributed by atoms with van der Waals surface area (Å²) in [5, 5.41) is 3.45. The van der Waals surface area contributed by atoms with Crippen LogP contribution in [-0.4, -0.2) is 36.7 Å². The molecular formula is C15H18ClN3O3S3. The zero-order valence-electron chi connectivity index (χ0n) is 13.8. The Morgan fingerprint density at radius 1 is 1.28 bits per heavy atom. The molecule has 3 heterocycles. The molecule has 0 unspecified atom stereocenters. The Labute approximate surface area is 159 Å². The standard InChI is InChI=1S/C15H18ClN3O3S3/c1-9-10(2)23-15(17-9)18-14(20)11-5-7-19(8-6-11)25(21,22)13-4-3-12(16)24-13/h3-4,11H,5-8H2,1-2H3,(H,17,18,20). The fraction of sp³-hybridized carbons (Fsp3) is 0.467. The number of nitrogens with one attached hydrogen (secondary N) is 1. The lowest BCUT2D eigenvalue weighted by Gasteiger charge is -2.29. The number of carbonyl (C=O) groups excluding carboxylic acids is 1. The molecule has 1 aliphatic heterocycles. The number of rotatable bonds is 4. The van der Waals surface area contributed by atoms with Gasteiger partial charge in [-0.1, -0.05) is 11.6 Å². The molecule has 2 aromatic rings. The largest absolute Gasteiger partial charge is 0.302 e. The van der Waals surface area contributed by atoms with E-state index in [0.717, 1.165) is 21.9 Å². The van der Waals surface area contributed by atoms with Crippen LogP contribution in [0.15, 0.2) is 16.3 Å². The van der Waals surface area contributed by atoms with Gasteiger partial charge in [-0.2, -0.15) is 4.31 Å². The van der Waals surface area contributed by atoms with Gasteiger partial charge in [0.2, 0.25) is 5.91 Å². The van der Waals surface area contributed by atoms with E-state index in [4.69, 9.17) is 11.6 Å². The molecule has 1 saturated heterocycles. The summed E-state index contributed by atoms with van der Waals surface area (Å²) in [7, 11) is -3.53. The molecule has 0 aromatic carbocycles. The van der Waals surface area contributed by atoms with Crippen LogP contribution in [0.3, 0.4) is 0 Å². The second-order valence-electron chi connectivity index (χ2n) is 5.89. The van der Waals surface area contributed by atoms with Crippen molar-refractivity contribution in [2.24, 2.45) is 5.92 Å². The van der Waals surface area contributed by atoms with Crippen molar-refractivity contribution in [3.05, 3.63) is 27.0 Å². The van der Waals surface area contributed by atoms with E-state index in [1.54, 1.807) is 6.07 Å². The van der Waals surface area contributed by atoms with Crippen molar-refractivity contribution < 1.29 is 13.2 Å². The summed E-state index contributed by atoms with van der Waals surface area (Å²) < 4.78 is 27.3. The molecule has 0 aliphatic carbocycles. The number of halogens is 1. The fourth-order valence-electron chi connectivity index (χ4n) is 2.66. The van der Waals surface area contributed by atoms with Crippen molar-refractivity contribution in [2.45, 2.75) is 30.9 Å². The maximum atomic E-state index is 12.6. The quantitative estimate of drug-likeness (QED) is 0.822. The van der Waals surface area contributed by atoms with E-state index < -0.39 is 10.0 Å². The van der Waals surface area contributed by atoms with Crippen LogP contribution < -0.4 is 5.32 Å². The SMILES string of the molecule is Cc1nc(NC(=O)C2CCN(S(=O)(=O)c3ccc(Cl)s3)CC2)sc1C. The number of nitrogens with zero attached hydrogens (tertiary/aromatic N) is 2. The highest BCUT2D eigenvalue weighted by Gasteiger charge is 2.33. The number of piperidine rings is 1. The van der Waals surface area contributed by atoms with E-state index in [-0.39, 0.29) is 16.0 Å². The lowest BCUT2D eigenvalue weighted by atomic mass is 9.97. The van der Waals surface area contributed by atoms with Crippen molar-refractivity contribution in [2.75, 3.05) is 18.4 Å². The molecule has 136 valence electrons. The molecule has 6 nitrogen and oxygen atoms in total. The summed E-state index contributed by atoms with van der Waals surface area (Å²) in [6.07, 6.45) is 0.987. The number of hydrogen-bond acceptors (Lipinski definition) is 6. The van der Waals surface area contributed by atoms with Gasteiger partial charge in [-0.05, 0) is 38.8 Å². The molecular weight excluding hydrogens is 402 g/mol. The first-order valence-corrected chi connectivity index (χ1v) is 11.2. The predicted molar refractivity (Wildman–Crippen MR) is 101 cm³/mol. The van der Waals surface area contributed by atoms with Crippen molar-refractivity contribution >= 4 is 55.3 Å². The van der Waals surface area contributed by atoms with Gasteiger partial charge in [-0.25, -0.2) is 13.4 Å². The van der Waals surface area contributed by atoms with Crippen molar-refractivity contribution in [1.82, 2.24) is 9.29 Å². The molecule has 10 heteroatoms. The highest BCUT2D eigenvalue weighted by atomic mass is 35.5. The number of sulfonamides is 1. The van der Waals surface area contributed by atoms with Crippen LogP contribution in [0, 0.1) is 19.8 Å². The molecule has 1 fully saturated rings. The third-order valence-electron chi connectivity index (χ3n) is 4.23. The van der Waals surface area contributed by atoms with Gasteiger partial charge in [0.1, 0.15) is 4.21 Å². The minimum absolute atomic E-state index is 0.0926. The van der Waals surface area contributed by atoms with Gasteiger partial charge in [0.15, 0.2) is 5.13 Å². The average molecular weight is 420 g/mol. The molecule has 25 heavy (non-hydrogen) atoms. The van der Waals surface area contributed by atoms with Gasteiger partial charge >= 0.3 is 0 Å². The number of thiazole rings is 1. The number of thiophene rings is 1. The molecule has 0 bridgehead atoms. The summed E-state index contributed by atoms with van der Waals surface area (Å²) in [5.41, 5.74) is 0.913. The minimum Gasteiger partial charge on any atom is -0.302 e. The summed E-state index contributed by atoms with van der Waals surface area (Å²) in [5.74, 6) is -0.298. The molecule has 2 aromatic heterocycles. The third kappa shape index (κ3) is 4.06. The number of aromatic nitrogens is 1. The van der Waals surface area contributed by atoms with E-state index in [0.29, 0.717) is 35.4 Å². The Balaban J connectivity index is 1.60. The summed E-state index contributed by atoms with van der Waals surface area (Å²) >= 11 is 8.34. The number of amides is 1. The average Bonchev–Trinajstić information content (AvgIpc) is 3.14. The van der Waals surface area contributed by atoms with Crippen molar-refractivity contribution in [3.63, 3.8) is 0 Å². The van der Waals surface area contributed by atoms with Crippen LogP contribution in [0.1, 0.15) is 23.4 Å². The molecule has 1 amide bonds. The molecule has 1 N–H and O–H groups in total. The van der Waals surface area contributed by atoms with E-state index in [2.05, 4.69) is 10.3 Å². The van der Waals surface area contributed by atoms with E-state index in [9.17, 15) is 13.2 Å². The number of hydrogen-bond donors (Lipinski definition) is 1. The van der Waals surface area contributed by atoms with Crippen molar-refractivity contribution in [3.8, 4) is 0 Å². The summed E-state index contributed by atoms with van der Waals surface area (Å²) in [4.78, 5) is 17.8. The second kappa shape index (κ2) is 7.32. The topological polar surface area (TPSA) is 79.4 Å². The first-order chi connectivity index (χ1) is 11.8. The van der Waals surface area contributed by atoms with Crippen LogP contribution >= 0.6 is 34.3 Å². The molecule has 0 atom stereocenters. The lowest BCUT2D eigenvalue weighted by molar-refractivity contribution is -0.120. The second-order valence-corrected chi connectivity index (χ2v) is 11.0. The monoisotopic (exact) mass is 419 g/mol. The highest BCUT2D eigenvalue weighted by molar-refractivity contribution is 7.91. The van der Waals surface area contributed by atoms with Gasteiger partial charge in [-0.15, -0.1) is 22.7 Å². The fourth-order valence-corrected chi connectivity index (χ4v) is 6.58. The Bertz CT molecular complexity index is 863. The normalized spacial score (nSPS) is 16.9. The number of carbonyl (C=O) groups is 1. The highest BCUT2D eigenvalue weighted by Crippen LogP contribution is 2.31. The number of anilines is 1. The van der Waals surface area contributed by atoms with Crippen LogP contribution in [0.25, 0.3) is 0 Å². The van der Waals surface area contributed by atoms with Gasteiger partial charge in [0, 0.05) is 23.9 Å². The van der Waals surface area contributed by atoms with E-state index in [1.165, 1.54) is 21.7 Å². The maximum absolute atomic E-state index is 12.6. The molecule has 0 radical (unpaired) electrons. The van der Waals surface area contributed by atoms with Gasteiger partial charge in [0.25, 0.3) is 10.0 Å². The zero-order valence-corrected chi connectivity index (χ0v) is 17.0. The predicted octanol–water partition coefficient (Wildman–Crippen LogP) is 3.51. The molecule has 3 rings (SSSR count). The van der Waals surface area contributed by atoms with Crippen molar-refractivity contribution in [1.29, 1.82) is 0 Å². The number of aryl methyl sites for hydroxylation is 2.